The van der Waals surface area contributed by atoms with Crippen molar-refractivity contribution in [1.82, 2.24) is 20.0 Å². The van der Waals surface area contributed by atoms with Gasteiger partial charge in [0.05, 0.1) is 18.5 Å². The molecule has 0 fully saturated rings. The van der Waals surface area contributed by atoms with Crippen LogP contribution in [0.15, 0.2) is 10.6 Å². The molecule has 0 amide bonds. The lowest BCUT2D eigenvalue weighted by Gasteiger charge is -2.13. The third-order valence-electron chi connectivity index (χ3n) is 3.03. The van der Waals surface area contributed by atoms with Gasteiger partial charge in [-0.1, -0.05) is 26.0 Å². The second-order valence-electron chi connectivity index (χ2n) is 5.77. The molecule has 0 unspecified atom stereocenters. The number of hydrogen-bond acceptors (Lipinski definition) is 6. The van der Waals surface area contributed by atoms with Gasteiger partial charge >= 0.3 is 5.97 Å². The van der Waals surface area contributed by atoms with Crippen LogP contribution in [-0.2, 0) is 16.7 Å². The number of nitrogens with zero attached hydrogens (tertiary/aromatic N) is 4. The maximum absolute atomic E-state index is 11.7. The first-order chi connectivity index (χ1) is 9.82. The maximum atomic E-state index is 11.7. The third-order valence-corrected chi connectivity index (χ3v) is 3.03. The van der Waals surface area contributed by atoms with Crippen molar-refractivity contribution >= 4 is 5.97 Å². The molecule has 0 bridgehead atoms. The van der Waals surface area contributed by atoms with Gasteiger partial charge in [0.25, 0.3) is 0 Å². The molecule has 7 nitrogen and oxygen atoms in total. The standard InChI is InChI=1S/C14H20N4O3/c1-6-20-13(19)12-9(2)18(17-16-12)8-11-15-7-10(21-11)14(3,4)5/h7H,6,8H2,1-5H3. The van der Waals surface area contributed by atoms with Crippen LogP contribution in [0, 0.1) is 6.92 Å². The molecule has 0 saturated heterocycles. The van der Waals surface area contributed by atoms with Crippen LogP contribution in [-0.4, -0.2) is 32.6 Å². The highest BCUT2D eigenvalue weighted by molar-refractivity contribution is 5.88. The fourth-order valence-corrected chi connectivity index (χ4v) is 1.76. The summed E-state index contributed by atoms with van der Waals surface area (Å²) in [6.45, 7) is 10.3. The Hall–Kier alpha value is -2.18. The SMILES string of the molecule is CCOC(=O)c1nnn(Cc2ncc(C(C)(C)C)o2)c1C. The molecule has 0 saturated carbocycles. The predicted molar refractivity (Wildman–Crippen MR) is 75.0 cm³/mol. The van der Waals surface area contributed by atoms with E-state index < -0.39 is 5.97 Å². The van der Waals surface area contributed by atoms with Gasteiger partial charge in [0.15, 0.2) is 5.69 Å². The highest BCUT2D eigenvalue weighted by Crippen LogP contribution is 2.23. The topological polar surface area (TPSA) is 83.0 Å². The Morgan fingerprint density at radius 2 is 2.14 bits per heavy atom. The Morgan fingerprint density at radius 1 is 1.43 bits per heavy atom. The first-order valence-electron chi connectivity index (χ1n) is 6.85. The molecule has 2 rings (SSSR count). The molecule has 21 heavy (non-hydrogen) atoms. The Kier molecular flexibility index (Phi) is 4.11. The van der Waals surface area contributed by atoms with E-state index in [9.17, 15) is 4.79 Å². The number of carbonyl (C=O) groups is 1. The van der Waals surface area contributed by atoms with Gasteiger partial charge in [-0.3, -0.25) is 0 Å². The second kappa shape index (κ2) is 5.67. The van der Waals surface area contributed by atoms with Gasteiger partial charge in [-0.2, -0.15) is 0 Å². The fraction of sp³-hybridized carbons (Fsp3) is 0.571. The molecular formula is C14H20N4O3. The van der Waals surface area contributed by atoms with Gasteiger partial charge in [-0.05, 0) is 13.8 Å². The zero-order valence-corrected chi connectivity index (χ0v) is 13.0. The van der Waals surface area contributed by atoms with Crippen LogP contribution in [0.3, 0.4) is 0 Å². The Bertz CT molecular complexity index is 637. The van der Waals surface area contributed by atoms with E-state index in [1.165, 1.54) is 0 Å². The van der Waals surface area contributed by atoms with Crippen LogP contribution < -0.4 is 0 Å². The number of aromatic nitrogens is 4. The summed E-state index contributed by atoms with van der Waals surface area (Å²) in [5.41, 5.74) is 0.752. The lowest BCUT2D eigenvalue weighted by Crippen LogP contribution is -2.10. The van der Waals surface area contributed by atoms with Crippen LogP contribution in [0.25, 0.3) is 0 Å². The summed E-state index contributed by atoms with van der Waals surface area (Å²) in [5, 5.41) is 7.81. The Morgan fingerprint density at radius 3 is 2.71 bits per heavy atom. The van der Waals surface area contributed by atoms with Crippen molar-refractivity contribution in [3.05, 3.63) is 29.2 Å². The van der Waals surface area contributed by atoms with Gasteiger partial charge in [-0.15, -0.1) is 5.10 Å². The number of oxazole rings is 1. The summed E-state index contributed by atoms with van der Waals surface area (Å²) in [6.07, 6.45) is 1.72. The molecular weight excluding hydrogens is 272 g/mol. The van der Waals surface area contributed by atoms with Crippen molar-refractivity contribution in [1.29, 1.82) is 0 Å². The minimum Gasteiger partial charge on any atom is -0.461 e. The van der Waals surface area contributed by atoms with E-state index in [1.807, 2.05) is 0 Å². The van der Waals surface area contributed by atoms with Gasteiger partial charge in [0.1, 0.15) is 12.3 Å². The third kappa shape index (κ3) is 3.29. The predicted octanol–water partition coefficient (Wildman–Crippen LogP) is 2.10. The minimum atomic E-state index is -0.468. The molecule has 0 aliphatic carbocycles. The summed E-state index contributed by atoms with van der Waals surface area (Å²) in [4.78, 5) is 15.9. The van der Waals surface area contributed by atoms with Crippen molar-refractivity contribution in [2.45, 2.75) is 46.6 Å². The number of esters is 1. The molecule has 7 heteroatoms. The number of carbonyl (C=O) groups excluding carboxylic acids is 1. The summed E-state index contributed by atoms with van der Waals surface area (Å²) in [7, 11) is 0. The minimum absolute atomic E-state index is 0.0985. The Balaban J connectivity index is 2.17. The van der Waals surface area contributed by atoms with Crippen LogP contribution >= 0.6 is 0 Å². The monoisotopic (exact) mass is 292 g/mol. The van der Waals surface area contributed by atoms with E-state index in [-0.39, 0.29) is 11.1 Å². The normalized spacial score (nSPS) is 11.7. The second-order valence-corrected chi connectivity index (χ2v) is 5.77. The lowest BCUT2D eigenvalue weighted by molar-refractivity contribution is 0.0518. The zero-order chi connectivity index (χ0) is 15.6. The van der Waals surface area contributed by atoms with Crippen molar-refractivity contribution in [2.24, 2.45) is 0 Å². The van der Waals surface area contributed by atoms with Crippen molar-refractivity contribution in [3.8, 4) is 0 Å². The highest BCUT2D eigenvalue weighted by atomic mass is 16.5. The van der Waals surface area contributed by atoms with Crippen LogP contribution in [0.4, 0.5) is 0 Å². The van der Waals surface area contributed by atoms with Gasteiger partial charge in [-0.25, -0.2) is 14.5 Å². The first kappa shape index (κ1) is 15.2. The van der Waals surface area contributed by atoms with Crippen LogP contribution in [0.5, 0.6) is 0 Å². The van der Waals surface area contributed by atoms with Gasteiger partial charge in [0, 0.05) is 5.41 Å². The summed E-state index contributed by atoms with van der Waals surface area (Å²) < 4.78 is 12.2. The molecule has 0 N–H and O–H groups in total. The molecule has 114 valence electrons. The smallest absolute Gasteiger partial charge is 0.360 e. The van der Waals surface area contributed by atoms with Crippen LogP contribution in [0.2, 0.25) is 0 Å². The van der Waals surface area contributed by atoms with Crippen molar-refractivity contribution in [2.75, 3.05) is 6.61 Å². The number of rotatable bonds is 4. The van der Waals surface area contributed by atoms with E-state index in [4.69, 9.17) is 9.15 Å². The van der Waals surface area contributed by atoms with E-state index in [1.54, 1.807) is 24.7 Å². The molecule has 0 aliphatic heterocycles. The van der Waals surface area contributed by atoms with E-state index in [2.05, 4.69) is 36.1 Å². The molecule has 0 aromatic carbocycles. The average Bonchev–Trinajstić information content (AvgIpc) is 2.98. The van der Waals surface area contributed by atoms with Gasteiger partial charge in [0.2, 0.25) is 5.89 Å². The molecule has 0 aliphatic rings. The molecule has 2 aromatic heterocycles. The maximum Gasteiger partial charge on any atom is 0.360 e. The number of hydrogen-bond donors (Lipinski definition) is 0. The molecule has 0 radical (unpaired) electrons. The first-order valence-corrected chi connectivity index (χ1v) is 6.85. The summed E-state index contributed by atoms with van der Waals surface area (Å²) >= 11 is 0. The Labute approximate surface area is 123 Å². The van der Waals surface area contributed by atoms with Crippen molar-refractivity contribution < 1.29 is 13.9 Å². The van der Waals surface area contributed by atoms with E-state index >= 15 is 0 Å². The highest BCUT2D eigenvalue weighted by Gasteiger charge is 2.21. The molecule has 2 heterocycles. The fourth-order valence-electron chi connectivity index (χ4n) is 1.76. The van der Waals surface area contributed by atoms with Crippen molar-refractivity contribution in [3.63, 3.8) is 0 Å². The van der Waals surface area contributed by atoms with Crippen LogP contribution in [0.1, 0.15) is 55.5 Å². The molecule has 0 spiro atoms. The van der Waals surface area contributed by atoms with E-state index in [0.29, 0.717) is 24.7 Å². The van der Waals surface area contributed by atoms with Gasteiger partial charge < -0.3 is 9.15 Å². The quantitative estimate of drug-likeness (QED) is 0.802. The largest absolute Gasteiger partial charge is 0.461 e. The summed E-state index contributed by atoms with van der Waals surface area (Å²) in [5.74, 6) is 0.869. The molecule has 0 atom stereocenters. The molecule has 2 aromatic rings. The average molecular weight is 292 g/mol. The lowest BCUT2D eigenvalue weighted by atomic mass is 9.94. The van der Waals surface area contributed by atoms with E-state index in [0.717, 1.165) is 5.76 Å². The zero-order valence-electron chi connectivity index (χ0n) is 13.0. The number of ether oxygens (including phenoxy) is 1. The summed E-state index contributed by atoms with van der Waals surface area (Å²) in [6, 6.07) is 0.